The second-order valence-electron chi connectivity index (χ2n) is 9.08. The molecule has 5 rings (SSSR count). The van der Waals surface area contributed by atoms with E-state index < -0.39 is 30.3 Å². The molecule has 0 aromatic heterocycles. The van der Waals surface area contributed by atoms with Crippen molar-refractivity contribution >= 4 is 18.0 Å². The number of benzene rings is 2. The molecule has 35 heavy (non-hydrogen) atoms. The van der Waals surface area contributed by atoms with Gasteiger partial charge in [0.05, 0.1) is 6.04 Å². The van der Waals surface area contributed by atoms with Crippen LogP contribution in [0, 0.1) is 5.92 Å². The van der Waals surface area contributed by atoms with Crippen molar-refractivity contribution in [3.05, 3.63) is 59.7 Å². The second kappa shape index (κ2) is 10.1. The average molecular weight is 481 g/mol. The van der Waals surface area contributed by atoms with Crippen LogP contribution in [0.3, 0.4) is 0 Å². The summed E-state index contributed by atoms with van der Waals surface area (Å²) in [5.41, 5.74) is 4.55. The zero-order chi connectivity index (χ0) is 24.4. The van der Waals surface area contributed by atoms with Crippen LogP contribution in [-0.2, 0) is 23.8 Å². The monoisotopic (exact) mass is 480 g/mol. The molecule has 9 nitrogen and oxygen atoms in total. The quantitative estimate of drug-likeness (QED) is 0.556. The molecule has 0 radical (unpaired) electrons. The number of ether oxygens (including phenoxy) is 3. The van der Waals surface area contributed by atoms with Crippen molar-refractivity contribution in [3.8, 4) is 11.1 Å². The van der Waals surface area contributed by atoms with Crippen LogP contribution >= 0.6 is 0 Å². The Balaban J connectivity index is 1.15. The highest BCUT2D eigenvalue weighted by Crippen LogP contribution is 2.44. The van der Waals surface area contributed by atoms with Gasteiger partial charge in [0.25, 0.3) is 5.91 Å². The Kier molecular flexibility index (Phi) is 6.70. The van der Waals surface area contributed by atoms with E-state index >= 15 is 0 Å². The molecule has 2 aliphatic heterocycles. The Hall–Kier alpha value is -3.43. The summed E-state index contributed by atoms with van der Waals surface area (Å²) in [6.45, 7) is 1.04. The number of carbonyl (C=O) groups is 3. The Labute approximate surface area is 202 Å². The van der Waals surface area contributed by atoms with E-state index in [9.17, 15) is 19.5 Å². The van der Waals surface area contributed by atoms with Crippen LogP contribution in [0.2, 0.25) is 0 Å². The first-order valence-electron chi connectivity index (χ1n) is 11.9. The summed E-state index contributed by atoms with van der Waals surface area (Å²) in [4.78, 5) is 36.6. The summed E-state index contributed by atoms with van der Waals surface area (Å²) in [7, 11) is 0. The van der Waals surface area contributed by atoms with Crippen molar-refractivity contribution in [3.63, 3.8) is 0 Å². The highest BCUT2D eigenvalue weighted by atomic mass is 16.6. The van der Waals surface area contributed by atoms with E-state index in [1.54, 1.807) is 0 Å². The molecular weight excluding hydrogens is 452 g/mol. The molecule has 0 bridgehead atoms. The highest BCUT2D eigenvalue weighted by Gasteiger charge is 2.38. The topological polar surface area (TPSA) is 123 Å². The first-order valence-corrected chi connectivity index (χ1v) is 11.9. The minimum absolute atomic E-state index is 0.0529. The van der Waals surface area contributed by atoms with Crippen LogP contribution in [0.25, 0.3) is 11.1 Å². The number of rotatable bonds is 7. The lowest BCUT2D eigenvalue weighted by Gasteiger charge is -2.21. The predicted octanol–water partition coefficient (Wildman–Crippen LogP) is 2.29. The lowest BCUT2D eigenvalue weighted by atomic mass is 9.98. The normalized spacial score (nSPS) is 25.0. The van der Waals surface area contributed by atoms with Crippen LogP contribution in [0.5, 0.6) is 0 Å². The minimum atomic E-state index is -1.03. The van der Waals surface area contributed by atoms with E-state index in [1.165, 1.54) is 0 Å². The molecule has 2 heterocycles. The molecule has 0 saturated carbocycles. The van der Waals surface area contributed by atoms with Gasteiger partial charge >= 0.3 is 12.1 Å². The lowest BCUT2D eigenvalue weighted by molar-refractivity contribution is -0.149. The number of alkyl carbamates (subject to hydrolysis) is 1. The number of carbonyl (C=O) groups excluding carboxylic acids is 2. The molecule has 2 aromatic rings. The molecule has 3 N–H and O–H groups in total. The number of carboxylic acid groups (broad SMARTS) is 1. The summed E-state index contributed by atoms with van der Waals surface area (Å²) in [6.07, 6.45) is -1.34. The Morgan fingerprint density at radius 2 is 1.54 bits per heavy atom. The van der Waals surface area contributed by atoms with Gasteiger partial charge in [-0.15, -0.1) is 0 Å². The maximum atomic E-state index is 12.7. The third-order valence-corrected chi connectivity index (χ3v) is 6.99. The third kappa shape index (κ3) is 4.74. The van der Waals surface area contributed by atoms with E-state index in [0.717, 1.165) is 22.3 Å². The molecule has 0 spiro atoms. The smallest absolute Gasteiger partial charge is 0.407 e. The van der Waals surface area contributed by atoms with Gasteiger partial charge in [0.2, 0.25) is 0 Å². The highest BCUT2D eigenvalue weighted by molar-refractivity contribution is 5.83. The number of amides is 2. The number of nitrogens with one attached hydrogen (secondary N) is 2. The number of fused-ring (bicyclic) bond motifs is 3. The van der Waals surface area contributed by atoms with Gasteiger partial charge in [-0.05, 0) is 35.1 Å². The maximum Gasteiger partial charge on any atom is 0.407 e. The molecule has 2 fully saturated rings. The first-order chi connectivity index (χ1) is 17.0. The van der Waals surface area contributed by atoms with Gasteiger partial charge in [0.15, 0.2) is 12.2 Å². The van der Waals surface area contributed by atoms with E-state index in [1.807, 2.05) is 24.3 Å². The minimum Gasteiger partial charge on any atom is -0.479 e. The average Bonchev–Trinajstić information content (AvgIpc) is 3.59. The molecule has 2 amide bonds. The van der Waals surface area contributed by atoms with Crippen molar-refractivity contribution in [1.29, 1.82) is 0 Å². The Morgan fingerprint density at radius 3 is 2.23 bits per heavy atom. The van der Waals surface area contributed by atoms with Gasteiger partial charge in [-0.3, -0.25) is 4.79 Å². The molecule has 0 unspecified atom stereocenters. The van der Waals surface area contributed by atoms with Gasteiger partial charge in [-0.2, -0.15) is 0 Å². The summed E-state index contributed by atoms with van der Waals surface area (Å²) in [5, 5.41) is 14.7. The van der Waals surface area contributed by atoms with Crippen molar-refractivity contribution in [2.75, 3.05) is 26.4 Å². The van der Waals surface area contributed by atoms with Crippen molar-refractivity contribution in [1.82, 2.24) is 10.6 Å². The van der Waals surface area contributed by atoms with Gasteiger partial charge in [-0.1, -0.05) is 48.5 Å². The molecule has 2 saturated heterocycles. The van der Waals surface area contributed by atoms with E-state index in [2.05, 4.69) is 34.9 Å². The summed E-state index contributed by atoms with van der Waals surface area (Å²) in [6, 6.07) is 15.7. The first kappa shape index (κ1) is 23.3. The molecule has 2 aromatic carbocycles. The van der Waals surface area contributed by atoms with Crippen molar-refractivity contribution < 1.29 is 33.7 Å². The standard InChI is InChI=1S/C26H28N2O7/c29-24(27-13-15-9-11-33-22(15)25(30)31)23-21(10-12-34-23)28-26(32)35-14-20-18-7-3-1-5-16(18)17-6-2-4-8-19(17)20/h1-8,15,20-23H,9-14H2,(H,27,29)(H,28,32)(H,30,31)/t15-,21+,22-,23-/m1/s1. The zero-order valence-electron chi connectivity index (χ0n) is 19.1. The third-order valence-electron chi connectivity index (χ3n) is 6.99. The van der Waals surface area contributed by atoms with E-state index in [-0.39, 0.29) is 30.9 Å². The van der Waals surface area contributed by atoms with Gasteiger partial charge in [0.1, 0.15) is 6.61 Å². The molecule has 4 atom stereocenters. The summed E-state index contributed by atoms with van der Waals surface area (Å²) in [5.74, 6) is -1.77. The fraction of sp³-hybridized carbons (Fsp3) is 0.423. The van der Waals surface area contributed by atoms with E-state index in [4.69, 9.17) is 14.2 Å². The number of hydrogen-bond acceptors (Lipinski definition) is 6. The van der Waals surface area contributed by atoms with E-state index in [0.29, 0.717) is 26.1 Å². The second-order valence-corrected chi connectivity index (χ2v) is 9.08. The lowest BCUT2D eigenvalue weighted by Crippen LogP contribution is -2.49. The van der Waals surface area contributed by atoms with Crippen LogP contribution in [0.1, 0.15) is 29.9 Å². The zero-order valence-corrected chi connectivity index (χ0v) is 19.1. The fourth-order valence-corrected chi connectivity index (χ4v) is 5.24. The maximum absolute atomic E-state index is 12.7. The molecule has 184 valence electrons. The molecule has 3 aliphatic rings. The van der Waals surface area contributed by atoms with Crippen LogP contribution in [0.4, 0.5) is 4.79 Å². The van der Waals surface area contributed by atoms with Crippen molar-refractivity contribution in [2.24, 2.45) is 5.92 Å². The fourth-order valence-electron chi connectivity index (χ4n) is 5.24. The van der Waals surface area contributed by atoms with Gasteiger partial charge in [-0.25, -0.2) is 9.59 Å². The summed E-state index contributed by atoms with van der Waals surface area (Å²) < 4.78 is 16.4. The van der Waals surface area contributed by atoms with Crippen LogP contribution in [0.15, 0.2) is 48.5 Å². The SMILES string of the molecule is O=C(N[C@H]1CCO[C@H]1C(=O)NC[C@H]1CCO[C@H]1C(=O)O)OCC1c2ccccc2-c2ccccc21. The van der Waals surface area contributed by atoms with Crippen molar-refractivity contribution in [2.45, 2.75) is 37.0 Å². The molecular formula is C26H28N2O7. The Bertz CT molecular complexity index is 1070. The Morgan fingerprint density at radius 1 is 0.914 bits per heavy atom. The number of hydrogen-bond donors (Lipinski definition) is 3. The summed E-state index contributed by atoms with van der Waals surface area (Å²) >= 11 is 0. The van der Waals surface area contributed by atoms with Crippen LogP contribution < -0.4 is 10.6 Å². The van der Waals surface area contributed by atoms with Crippen LogP contribution in [-0.4, -0.2) is 67.7 Å². The number of carboxylic acids is 1. The molecule has 9 heteroatoms. The van der Waals surface area contributed by atoms with Gasteiger partial charge in [0, 0.05) is 31.6 Å². The number of aliphatic carboxylic acids is 1. The van der Waals surface area contributed by atoms with Gasteiger partial charge < -0.3 is 30.0 Å². The predicted molar refractivity (Wildman–Crippen MR) is 125 cm³/mol. The molecule has 1 aliphatic carbocycles. The largest absolute Gasteiger partial charge is 0.479 e.